The smallest absolute Gasteiger partial charge is 0.309 e. The van der Waals surface area contributed by atoms with Gasteiger partial charge in [0.25, 0.3) is 0 Å². The van der Waals surface area contributed by atoms with Gasteiger partial charge in [-0.25, -0.2) is 0 Å². The van der Waals surface area contributed by atoms with Gasteiger partial charge in [0.1, 0.15) is 0 Å². The topological polar surface area (TPSA) is 70.2 Å². The molecule has 0 fully saturated rings. The van der Waals surface area contributed by atoms with E-state index in [1.807, 2.05) is 32.0 Å². The van der Waals surface area contributed by atoms with Gasteiger partial charge in [-0.05, 0) is 31.5 Å². The molecule has 0 atom stereocenters. The van der Waals surface area contributed by atoms with Gasteiger partial charge in [0.05, 0.1) is 6.42 Å². The molecule has 1 aromatic carbocycles. The first-order chi connectivity index (χ1) is 8.99. The van der Waals surface area contributed by atoms with Gasteiger partial charge >= 0.3 is 5.97 Å². The van der Waals surface area contributed by atoms with E-state index >= 15 is 0 Å². The Labute approximate surface area is 111 Å². The lowest BCUT2D eigenvalue weighted by Crippen LogP contribution is -2.09. The van der Waals surface area contributed by atoms with Crippen molar-refractivity contribution in [3.05, 3.63) is 58.4 Å². The molecule has 2 N–H and O–H groups in total. The highest BCUT2D eigenvalue weighted by atomic mass is 16.4. The molecule has 0 aliphatic heterocycles. The highest BCUT2D eigenvalue weighted by Gasteiger charge is 2.18. The first-order valence-corrected chi connectivity index (χ1v) is 5.99. The van der Waals surface area contributed by atoms with Crippen LogP contribution in [0.1, 0.15) is 32.7 Å². The van der Waals surface area contributed by atoms with Crippen molar-refractivity contribution in [3.63, 3.8) is 0 Å². The number of benzene rings is 1. The number of hydrogen-bond acceptors (Lipinski definition) is 2. The Balaban J connectivity index is 2.42. The lowest BCUT2D eigenvalue weighted by molar-refractivity contribution is -0.136. The minimum atomic E-state index is -0.961. The molecule has 0 bridgehead atoms. The van der Waals surface area contributed by atoms with Gasteiger partial charge in [0.2, 0.25) is 0 Å². The summed E-state index contributed by atoms with van der Waals surface area (Å²) in [7, 11) is 0. The second kappa shape index (κ2) is 5.10. The van der Waals surface area contributed by atoms with Gasteiger partial charge in [0, 0.05) is 23.0 Å². The molecule has 0 saturated heterocycles. The molecule has 1 aromatic heterocycles. The van der Waals surface area contributed by atoms with Crippen LogP contribution in [0.25, 0.3) is 0 Å². The van der Waals surface area contributed by atoms with Gasteiger partial charge in [0.15, 0.2) is 5.78 Å². The molecule has 4 heteroatoms. The quantitative estimate of drug-likeness (QED) is 0.827. The maximum Gasteiger partial charge on any atom is 0.309 e. The number of ketones is 1. The molecule has 0 spiro atoms. The van der Waals surface area contributed by atoms with Gasteiger partial charge in [-0.3, -0.25) is 9.59 Å². The highest BCUT2D eigenvalue weighted by Crippen LogP contribution is 2.18. The molecule has 0 aliphatic carbocycles. The second-order valence-corrected chi connectivity index (χ2v) is 4.59. The van der Waals surface area contributed by atoms with Crippen molar-refractivity contribution in [2.75, 3.05) is 0 Å². The number of rotatable bonds is 4. The molecule has 0 unspecified atom stereocenters. The highest BCUT2D eigenvalue weighted by molar-refractivity contribution is 6.11. The number of aromatic nitrogens is 1. The average molecular weight is 257 g/mol. The third-order valence-electron chi connectivity index (χ3n) is 3.04. The summed E-state index contributed by atoms with van der Waals surface area (Å²) in [6.45, 7) is 3.79. The van der Waals surface area contributed by atoms with Crippen molar-refractivity contribution in [2.45, 2.75) is 20.3 Å². The lowest BCUT2D eigenvalue weighted by Gasteiger charge is -2.06. The second-order valence-electron chi connectivity index (χ2n) is 4.59. The zero-order valence-corrected chi connectivity index (χ0v) is 10.9. The minimum Gasteiger partial charge on any atom is -0.481 e. The number of hydrogen-bond donors (Lipinski definition) is 2. The molecule has 4 nitrogen and oxygen atoms in total. The molecule has 0 amide bonds. The number of carboxylic acid groups (broad SMARTS) is 1. The Morgan fingerprint density at radius 2 is 1.89 bits per heavy atom. The average Bonchev–Trinajstić information content (AvgIpc) is 2.78. The predicted octanol–water partition coefficient (Wildman–Crippen LogP) is 2.49. The number of H-pyrrole nitrogens is 1. The summed E-state index contributed by atoms with van der Waals surface area (Å²) in [4.78, 5) is 26.1. The third-order valence-corrected chi connectivity index (χ3v) is 3.04. The van der Waals surface area contributed by atoms with Crippen molar-refractivity contribution in [2.24, 2.45) is 0 Å². The monoisotopic (exact) mass is 257 g/mol. The van der Waals surface area contributed by atoms with E-state index in [1.54, 1.807) is 12.3 Å². The fraction of sp³-hybridized carbons (Fsp3) is 0.200. The Hall–Kier alpha value is -2.36. The number of carbonyl (C=O) groups is 2. The Kier molecular flexibility index (Phi) is 3.51. The van der Waals surface area contributed by atoms with Crippen molar-refractivity contribution < 1.29 is 14.7 Å². The Morgan fingerprint density at radius 1 is 1.16 bits per heavy atom. The van der Waals surface area contributed by atoms with E-state index in [-0.39, 0.29) is 12.2 Å². The number of nitrogens with one attached hydrogen (secondary N) is 1. The molecule has 2 aromatic rings. The summed E-state index contributed by atoms with van der Waals surface area (Å²) in [5.74, 6) is -1.10. The molecular weight excluding hydrogens is 242 g/mol. The van der Waals surface area contributed by atoms with Crippen molar-refractivity contribution in [1.82, 2.24) is 4.98 Å². The van der Waals surface area contributed by atoms with Gasteiger partial charge < -0.3 is 10.1 Å². The molecule has 0 aliphatic rings. The van der Waals surface area contributed by atoms with Crippen LogP contribution in [-0.4, -0.2) is 21.8 Å². The molecular formula is C15H15NO3. The SMILES string of the molecule is Cc1ccc(C)c(C(=O)c2cc[nH]c2CC(=O)O)c1. The maximum atomic E-state index is 12.5. The van der Waals surface area contributed by atoms with Crippen molar-refractivity contribution >= 4 is 11.8 Å². The molecule has 0 saturated carbocycles. The molecule has 19 heavy (non-hydrogen) atoms. The van der Waals surface area contributed by atoms with Crippen LogP contribution in [-0.2, 0) is 11.2 Å². The molecule has 1 heterocycles. The van der Waals surface area contributed by atoms with Crippen LogP contribution in [0.2, 0.25) is 0 Å². The van der Waals surface area contributed by atoms with E-state index in [0.29, 0.717) is 16.8 Å². The van der Waals surface area contributed by atoms with Crippen LogP contribution >= 0.6 is 0 Å². The predicted molar refractivity (Wildman–Crippen MR) is 71.5 cm³/mol. The van der Waals surface area contributed by atoms with Gasteiger partial charge in [-0.15, -0.1) is 0 Å². The summed E-state index contributed by atoms with van der Waals surface area (Å²) in [5.41, 5.74) is 3.38. The largest absolute Gasteiger partial charge is 0.481 e. The summed E-state index contributed by atoms with van der Waals surface area (Å²) in [6, 6.07) is 7.30. The Bertz CT molecular complexity index is 641. The van der Waals surface area contributed by atoms with Crippen molar-refractivity contribution in [3.8, 4) is 0 Å². The first kappa shape index (κ1) is 13.1. The van der Waals surface area contributed by atoms with Crippen LogP contribution in [0, 0.1) is 13.8 Å². The number of aryl methyl sites for hydroxylation is 2. The fourth-order valence-electron chi connectivity index (χ4n) is 2.04. The van der Waals surface area contributed by atoms with Crippen LogP contribution in [0.5, 0.6) is 0 Å². The standard InChI is InChI=1S/C15H15NO3/c1-9-3-4-10(2)12(7-9)15(19)11-5-6-16-13(11)8-14(17)18/h3-7,16H,8H2,1-2H3,(H,17,18). The molecule has 98 valence electrons. The van der Waals surface area contributed by atoms with Gasteiger partial charge in [-0.1, -0.05) is 17.7 Å². The molecule has 0 radical (unpaired) electrons. The number of carbonyl (C=O) groups excluding carboxylic acids is 1. The lowest BCUT2D eigenvalue weighted by atomic mass is 9.97. The van der Waals surface area contributed by atoms with Crippen molar-refractivity contribution in [1.29, 1.82) is 0 Å². The normalized spacial score (nSPS) is 10.4. The zero-order chi connectivity index (χ0) is 14.0. The van der Waals surface area contributed by atoms with E-state index in [1.165, 1.54) is 0 Å². The van der Waals surface area contributed by atoms with Crippen LogP contribution in [0.4, 0.5) is 0 Å². The minimum absolute atomic E-state index is 0.140. The zero-order valence-electron chi connectivity index (χ0n) is 10.9. The Morgan fingerprint density at radius 3 is 2.58 bits per heavy atom. The van der Waals surface area contributed by atoms with E-state index < -0.39 is 5.97 Å². The van der Waals surface area contributed by atoms with Crippen LogP contribution in [0.15, 0.2) is 30.5 Å². The van der Waals surface area contributed by atoms with E-state index in [9.17, 15) is 9.59 Å². The summed E-state index contributed by atoms with van der Waals surface area (Å²) >= 11 is 0. The van der Waals surface area contributed by atoms with Gasteiger partial charge in [-0.2, -0.15) is 0 Å². The summed E-state index contributed by atoms with van der Waals surface area (Å²) in [6.07, 6.45) is 1.41. The van der Waals surface area contributed by atoms with Crippen LogP contribution < -0.4 is 0 Å². The third kappa shape index (κ3) is 2.73. The molecule has 2 rings (SSSR count). The van der Waals surface area contributed by atoms with Crippen LogP contribution in [0.3, 0.4) is 0 Å². The first-order valence-electron chi connectivity index (χ1n) is 5.99. The number of carboxylic acids is 1. The van der Waals surface area contributed by atoms with E-state index in [2.05, 4.69) is 4.98 Å². The summed E-state index contributed by atoms with van der Waals surface area (Å²) < 4.78 is 0. The fourth-order valence-corrected chi connectivity index (χ4v) is 2.04. The number of aliphatic carboxylic acids is 1. The maximum absolute atomic E-state index is 12.5. The van der Waals surface area contributed by atoms with E-state index in [0.717, 1.165) is 11.1 Å². The van der Waals surface area contributed by atoms with E-state index in [4.69, 9.17) is 5.11 Å². The number of aromatic amines is 1. The summed E-state index contributed by atoms with van der Waals surface area (Å²) in [5, 5.41) is 8.83.